The van der Waals surface area contributed by atoms with E-state index in [1.807, 2.05) is 6.07 Å². The number of carboxylic acid groups (broad SMARTS) is 1. The van der Waals surface area contributed by atoms with Crippen molar-refractivity contribution in [1.82, 2.24) is 0 Å². The molecule has 2 atom stereocenters. The number of amides is 1. The molecule has 0 bridgehead atoms. The quantitative estimate of drug-likeness (QED) is 0.475. The van der Waals surface area contributed by atoms with Gasteiger partial charge in [-0.05, 0) is 69.8 Å². The minimum atomic E-state index is -0.998. The van der Waals surface area contributed by atoms with Gasteiger partial charge in [-0.3, -0.25) is 4.79 Å². The van der Waals surface area contributed by atoms with Crippen molar-refractivity contribution in [1.29, 1.82) is 0 Å². The largest absolute Gasteiger partial charge is 0.477 e. The molecule has 1 saturated carbocycles. The molecule has 2 aliphatic carbocycles. The number of carbonyl (C=O) groups is 2. The molecule has 2 fully saturated rings. The van der Waals surface area contributed by atoms with Crippen LogP contribution in [0.5, 0.6) is 0 Å². The predicted octanol–water partition coefficient (Wildman–Crippen LogP) is 5.30. The van der Waals surface area contributed by atoms with E-state index in [1.165, 1.54) is 16.9 Å². The van der Waals surface area contributed by atoms with Crippen molar-refractivity contribution in [3.63, 3.8) is 0 Å². The average Bonchev–Trinajstić information content (AvgIpc) is 3.50. The maximum absolute atomic E-state index is 14.0. The van der Waals surface area contributed by atoms with Gasteiger partial charge in [0.15, 0.2) is 0 Å². The third kappa shape index (κ3) is 6.21. The fourth-order valence-corrected chi connectivity index (χ4v) is 6.47. The molecule has 0 radical (unpaired) electrons. The van der Waals surface area contributed by atoms with Gasteiger partial charge in [-0.15, -0.1) is 11.3 Å². The summed E-state index contributed by atoms with van der Waals surface area (Å²) in [7, 11) is 0. The van der Waals surface area contributed by atoms with Gasteiger partial charge in [0.25, 0.3) is 0 Å². The van der Waals surface area contributed by atoms with Gasteiger partial charge in [0.1, 0.15) is 4.88 Å². The number of hydrogen-bond acceptors (Lipinski definition) is 6. The SMILES string of the molecule is CC1=CC[C@@H](C(=O)N(c2cc(C(C)(C)C)sc2C(=O)O)[C@H]2CC[C@](O)(CO[C@@H]3CCOC3)CC2)CC1. The first-order valence-electron chi connectivity index (χ1n) is 13.2. The first-order valence-corrected chi connectivity index (χ1v) is 14.1. The normalized spacial score (nSPS) is 29.1. The second kappa shape index (κ2) is 10.9. The van der Waals surface area contributed by atoms with E-state index in [-0.39, 0.29) is 40.9 Å². The third-order valence-electron chi connectivity index (χ3n) is 7.86. The molecule has 3 aliphatic rings. The van der Waals surface area contributed by atoms with Crippen molar-refractivity contribution < 1.29 is 29.3 Å². The first-order chi connectivity index (χ1) is 17.0. The zero-order valence-electron chi connectivity index (χ0n) is 22.0. The number of hydrogen-bond donors (Lipinski definition) is 2. The standard InChI is InChI=1S/C28H41NO6S/c1-18-5-7-19(8-6-18)25(30)29(22-15-23(27(2,3)4)36-24(22)26(31)32)20-9-12-28(33,13-10-20)17-35-21-11-14-34-16-21/h5,15,19-21,33H,6-14,16-17H2,1-4H3,(H,31,32)/t19-,20-,21-,28+/m1/s1. The highest BCUT2D eigenvalue weighted by Gasteiger charge is 2.41. The molecule has 200 valence electrons. The summed E-state index contributed by atoms with van der Waals surface area (Å²) in [5.74, 6) is -1.14. The second-order valence-electron chi connectivity index (χ2n) is 11.9. The Hall–Kier alpha value is -1.74. The molecule has 1 aromatic heterocycles. The predicted molar refractivity (Wildman–Crippen MR) is 141 cm³/mol. The van der Waals surface area contributed by atoms with Crippen molar-refractivity contribution in [2.45, 2.75) is 102 Å². The molecule has 0 spiro atoms. The summed E-state index contributed by atoms with van der Waals surface area (Å²) in [6.45, 7) is 9.81. The number of thiophene rings is 1. The number of anilines is 1. The number of ether oxygens (including phenoxy) is 2. The highest BCUT2D eigenvalue weighted by molar-refractivity contribution is 7.14. The van der Waals surface area contributed by atoms with Crippen LogP contribution < -0.4 is 4.90 Å². The highest BCUT2D eigenvalue weighted by Crippen LogP contribution is 2.42. The zero-order valence-corrected chi connectivity index (χ0v) is 22.9. The van der Waals surface area contributed by atoms with Gasteiger partial charge >= 0.3 is 5.97 Å². The molecule has 0 aromatic carbocycles. The molecule has 1 aliphatic heterocycles. The maximum Gasteiger partial charge on any atom is 0.348 e. The molecule has 4 rings (SSSR count). The Morgan fingerprint density at radius 2 is 1.94 bits per heavy atom. The van der Waals surface area contributed by atoms with Gasteiger partial charge < -0.3 is 24.6 Å². The minimum Gasteiger partial charge on any atom is -0.477 e. The van der Waals surface area contributed by atoms with Gasteiger partial charge in [-0.25, -0.2) is 4.79 Å². The molecule has 36 heavy (non-hydrogen) atoms. The lowest BCUT2D eigenvalue weighted by Crippen LogP contribution is -2.50. The number of aliphatic hydroxyl groups is 1. The van der Waals surface area contributed by atoms with Gasteiger partial charge in [0.05, 0.1) is 30.6 Å². The third-order valence-corrected chi connectivity index (χ3v) is 9.39. The Kier molecular flexibility index (Phi) is 8.29. The topological polar surface area (TPSA) is 96.3 Å². The van der Waals surface area contributed by atoms with Crippen LogP contribution in [0.1, 0.15) is 93.6 Å². The highest BCUT2D eigenvalue weighted by atomic mass is 32.1. The number of rotatable bonds is 7. The van der Waals surface area contributed by atoms with Crippen LogP contribution in [0.4, 0.5) is 5.69 Å². The Morgan fingerprint density at radius 3 is 2.50 bits per heavy atom. The zero-order chi connectivity index (χ0) is 26.1. The summed E-state index contributed by atoms with van der Waals surface area (Å²) >= 11 is 1.27. The van der Waals surface area contributed by atoms with Crippen molar-refractivity contribution >= 4 is 28.9 Å². The Morgan fingerprint density at radius 1 is 1.22 bits per heavy atom. The second-order valence-corrected chi connectivity index (χ2v) is 12.9. The first kappa shape index (κ1) is 27.3. The Labute approximate surface area is 218 Å². The fourth-order valence-electron chi connectivity index (χ4n) is 5.42. The minimum absolute atomic E-state index is 0.00861. The molecular formula is C28H41NO6S. The smallest absolute Gasteiger partial charge is 0.348 e. The summed E-state index contributed by atoms with van der Waals surface area (Å²) in [5.41, 5.74) is 0.668. The molecular weight excluding hydrogens is 478 g/mol. The number of aromatic carboxylic acids is 1. The van der Waals surface area contributed by atoms with Crippen LogP contribution in [0.2, 0.25) is 0 Å². The summed E-state index contributed by atoms with van der Waals surface area (Å²) in [4.78, 5) is 29.3. The van der Waals surface area contributed by atoms with E-state index in [4.69, 9.17) is 9.47 Å². The van der Waals surface area contributed by atoms with Gasteiger partial charge in [-0.2, -0.15) is 0 Å². The number of allylic oxidation sites excluding steroid dienone is 2. The Bertz CT molecular complexity index is 979. The van der Waals surface area contributed by atoms with Crippen LogP contribution in [0.25, 0.3) is 0 Å². The lowest BCUT2D eigenvalue weighted by molar-refractivity contribution is -0.124. The van der Waals surface area contributed by atoms with Crippen LogP contribution in [-0.2, 0) is 19.7 Å². The molecule has 2 heterocycles. The van der Waals surface area contributed by atoms with Crippen molar-refractivity contribution in [2.75, 3.05) is 24.7 Å². The molecule has 7 nitrogen and oxygen atoms in total. The fraction of sp³-hybridized carbons (Fsp3) is 0.714. The molecule has 1 saturated heterocycles. The average molecular weight is 520 g/mol. The van der Waals surface area contributed by atoms with Crippen molar-refractivity contribution in [2.24, 2.45) is 5.92 Å². The van der Waals surface area contributed by atoms with E-state index >= 15 is 0 Å². The van der Waals surface area contributed by atoms with E-state index < -0.39 is 11.6 Å². The summed E-state index contributed by atoms with van der Waals surface area (Å²) in [6, 6.07) is 1.76. The van der Waals surface area contributed by atoms with E-state index in [9.17, 15) is 19.8 Å². The lowest BCUT2D eigenvalue weighted by atomic mass is 9.81. The Balaban J connectivity index is 1.58. The van der Waals surface area contributed by atoms with Gasteiger partial charge in [0.2, 0.25) is 5.91 Å². The summed E-state index contributed by atoms with van der Waals surface area (Å²) < 4.78 is 11.3. The van der Waals surface area contributed by atoms with E-state index in [1.54, 1.807) is 4.90 Å². The lowest BCUT2D eigenvalue weighted by Gasteiger charge is -2.42. The van der Waals surface area contributed by atoms with Crippen molar-refractivity contribution in [3.8, 4) is 0 Å². The van der Waals surface area contributed by atoms with Crippen LogP contribution in [-0.4, -0.2) is 59.7 Å². The van der Waals surface area contributed by atoms with Crippen LogP contribution >= 0.6 is 11.3 Å². The molecule has 1 aromatic rings. The van der Waals surface area contributed by atoms with Crippen molar-refractivity contribution in [3.05, 3.63) is 27.5 Å². The van der Waals surface area contributed by atoms with Crippen LogP contribution in [0.15, 0.2) is 17.7 Å². The maximum atomic E-state index is 14.0. The monoisotopic (exact) mass is 519 g/mol. The van der Waals surface area contributed by atoms with Crippen LogP contribution in [0, 0.1) is 5.92 Å². The molecule has 0 unspecified atom stereocenters. The van der Waals surface area contributed by atoms with Crippen LogP contribution in [0.3, 0.4) is 0 Å². The number of carboxylic acids is 1. The summed E-state index contributed by atoms with van der Waals surface area (Å²) in [5, 5.41) is 21.3. The molecule has 8 heteroatoms. The summed E-state index contributed by atoms with van der Waals surface area (Å²) in [6.07, 6.45) is 7.62. The number of nitrogens with zero attached hydrogens (tertiary/aromatic N) is 1. The van der Waals surface area contributed by atoms with Gasteiger partial charge in [0, 0.05) is 23.4 Å². The number of carbonyl (C=O) groups excluding carboxylic acids is 1. The van der Waals surface area contributed by atoms with Gasteiger partial charge in [-0.1, -0.05) is 32.4 Å². The van der Waals surface area contributed by atoms with E-state index in [0.717, 1.165) is 24.1 Å². The van der Waals surface area contributed by atoms with E-state index in [0.29, 0.717) is 51.0 Å². The van der Waals surface area contributed by atoms with E-state index in [2.05, 4.69) is 33.8 Å². The molecule has 1 amide bonds. The molecule has 2 N–H and O–H groups in total.